The first-order valence-electron chi connectivity index (χ1n) is 7.34. The molecular formula is C16H14ClN3O3. The van der Waals surface area contributed by atoms with Crippen molar-refractivity contribution in [3.05, 3.63) is 57.6 Å². The number of benzene rings is 1. The molecule has 7 heteroatoms. The average molecular weight is 332 g/mol. The first kappa shape index (κ1) is 14.1. The van der Waals surface area contributed by atoms with E-state index in [4.69, 9.17) is 21.1 Å². The standard InChI is InChI=1S/C16H14ClN3O3/c17-12-8-11(9-13-15(12)23-7-3-6-22-13)10-20-16(21)19-5-2-1-4-14(19)18-20/h1-2,4-5,8-9H,3,6-7,10H2. The minimum atomic E-state index is -0.191. The second kappa shape index (κ2) is 5.62. The normalized spacial score (nSPS) is 14.0. The van der Waals surface area contributed by atoms with Crippen LogP contribution in [0, 0.1) is 0 Å². The lowest BCUT2D eigenvalue weighted by Crippen LogP contribution is -2.21. The van der Waals surface area contributed by atoms with E-state index in [2.05, 4.69) is 5.10 Å². The quantitative estimate of drug-likeness (QED) is 0.723. The maximum Gasteiger partial charge on any atom is 0.350 e. The highest BCUT2D eigenvalue weighted by Crippen LogP contribution is 2.38. The summed E-state index contributed by atoms with van der Waals surface area (Å²) in [6.45, 7) is 1.48. The molecule has 0 bridgehead atoms. The van der Waals surface area contributed by atoms with E-state index in [-0.39, 0.29) is 5.69 Å². The van der Waals surface area contributed by atoms with Gasteiger partial charge in [-0.2, -0.15) is 0 Å². The highest BCUT2D eigenvalue weighted by Gasteiger charge is 2.16. The fraction of sp³-hybridized carbons (Fsp3) is 0.250. The number of ether oxygens (including phenoxy) is 2. The molecule has 0 aliphatic carbocycles. The molecular weight excluding hydrogens is 318 g/mol. The van der Waals surface area contributed by atoms with Gasteiger partial charge in [-0.3, -0.25) is 4.40 Å². The number of nitrogens with zero attached hydrogens (tertiary/aromatic N) is 3. The van der Waals surface area contributed by atoms with Crippen molar-refractivity contribution in [1.82, 2.24) is 14.2 Å². The molecule has 3 aromatic rings. The Labute approximate surface area is 136 Å². The van der Waals surface area contributed by atoms with Crippen LogP contribution in [-0.2, 0) is 6.54 Å². The average Bonchev–Trinajstić information content (AvgIpc) is 2.73. The Bertz CT molecular complexity index is 932. The van der Waals surface area contributed by atoms with Gasteiger partial charge in [0.1, 0.15) is 0 Å². The molecule has 1 aliphatic rings. The topological polar surface area (TPSA) is 57.8 Å². The van der Waals surface area contributed by atoms with E-state index in [0.29, 0.717) is 41.9 Å². The van der Waals surface area contributed by atoms with Crippen LogP contribution in [0.15, 0.2) is 41.3 Å². The number of rotatable bonds is 2. The third-order valence-corrected chi connectivity index (χ3v) is 3.96. The number of fused-ring (bicyclic) bond motifs is 2. The van der Waals surface area contributed by atoms with E-state index in [0.717, 1.165) is 12.0 Å². The molecule has 1 aliphatic heterocycles. The Morgan fingerprint density at radius 1 is 1.22 bits per heavy atom. The minimum absolute atomic E-state index is 0.191. The van der Waals surface area contributed by atoms with Crippen LogP contribution in [-0.4, -0.2) is 27.4 Å². The van der Waals surface area contributed by atoms with Crippen molar-refractivity contribution in [1.29, 1.82) is 0 Å². The van der Waals surface area contributed by atoms with Gasteiger partial charge in [-0.15, -0.1) is 5.10 Å². The van der Waals surface area contributed by atoms with Gasteiger partial charge < -0.3 is 9.47 Å². The summed E-state index contributed by atoms with van der Waals surface area (Å²) in [7, 11) is 0. The van der Waals surface area contributed by atoms with E-state index in [1.54, 1.807) is 24.4 Å². The Morgan fingerprint density at radius 3 is 2.96 bits per heavy atom. The molecule has 0 unspecified atom stereocenters. The number of halogens is 1. The van der Waals surface area contributed by atoms with Gasteiger partial charge in [0.2, 0.25) is 0 Å². The van der Waals surface area contributed by atoms with Crippen LogP contribution >= 0.6 is 11.6 Å². The van der Waals surface area contributed by atoms with Crippen molar-refractivity contribution >= 4 is 17.2 Å². The summed E-state index contributed by atoms with van der Waals surface area (Å²) in [6, 6.07) is 9.06. The van der Waals surface area contributed by atoms with Gasteiger partial charge in [-0.1, -0.05) is 17.7 Å². The summed E-state index contributed by atoms with van der Waals surface area (Å²) < 4.78 is 14.2. The molecule has 4 rings (SSSR count). The van der Waals surface area contributed by atoms with Crippen molar-refractivity contribution in [2.24, 2.45) is 0 Å². The number of hydrogen-bond acceptors (Lipinski definition) is 4. The van der Waals surface area contributed by atoms with Gasteiger partial charge in [-0.25, -0.2) is 9.48 Å². The molecule has 0 fully saturated rings. The second-order valence-corrected chi connectivity index (χ2v) is 5.73. The monoisotopic (exact) mass is 331 g/mol. The van der Waals surface area contributed by atoms with Crippen LogP contribution in [0.3, 0.4) is 0 Å². The lowest BCUT2D eigenvalue weighted by atomic mass is 10.2. The van der Waals surface area contributed by atoms with Crippen LogP contribution in [0.4, 0.5) is 0 Å². The summed E-state index contributed by atoms with van der Waals surface area (Å²) in [5.74, 6) is 1.18. The number of aromatic nitrogens is 3. The Morgan fingerprint density at radius 2 is 2.09 bits per heavy atom. The molecule has 0 saturated heterocycles. The van der Waals surface area contributed by atoms with Crippen LogP contribution < -0.4 is 15.2 Å². The molecule has 23 heavy (non-hydrogen) atoms. The highest BCUT2D eigenvalue weighted by atomic mass is 35.5. The molecule has 0 amide bonds. The van der Waals surface area contributed by atoms with Crippen molar-refractivity contribution in [2.75, 3.05) is 13.2 Å². The summed E-state index contributed by atoms with van der Waals surface area (Å²) in [5.41, 5.74) is 1.26. The first-order chi connectivity index (χ1) is 11.2. The molecule has 0 spiro atoms. The number of pyridine rings is 1. The van der Waals surface area contributed by atoms with Crippen LogP contribution in [0.1, 0.15) is 12.0 Å². The largest absolute Gasteiger partial charge is 0.489 e. The predicted octanol–water partition coefficient (Wildman–Crippen LogP) is 2.36. The van der Waals surface area contributed by atoms with Gasteiger partial charge in [0.25, 0.3) is 0 Å². The first-order valence-corrected chi connectivity index (χ1v) is 7.72. The third-order valence-electron chi connectivity index (χ3n) is 3.68. The van der Waals surface area contributed by atoms with Crippen LogP contribution in [0.25, 0.3) is 5.65 Å². The fourth-order valence-electron chi connectivity index (χ4n) is 2.62. The number of hydrogen-bond donors (Lipinski definition) is 0. The van der Waals surface area contributed by atoms with E-state index < -0.39 is 0 Å². The maximum atomic E-state index is 12.3. The van der Waals surface area contributed by atoms with Crippen LogP contribution in [0.5, 0.6) is 11.5 Å². The zero-order valence-corrected chi connectivity index (χ0v) is 13.0. The highest BCUT2D eigenvalue weighted by molar-refractivity contribution is 6.32. The van der Waals surface area contributed by atoms with Crippen molar-refractivity contribution in [3.8, 4) is 11.5 Å². The Balaban J connectivity index is 1.73. The van der Waals surface area contributed by atoms with Gasteiger partial charge in [0.05, 0.1) is 24.8 Å². The van der Waals surface area contributed by atoms with Crippen molar-refractivity contribution < 1.29 is 9.47 Å². The Hall–Kier alpha value is -2.47. The molecule has 3 heterocycles. The van der Waals surface area contributed by atoms with E-state index in [1.165, 1.54) is 9.08 Å². The summed E-state index contributed by atoms with van der Waals surface area (Å²) in [6.07, 6.45) is 2.51. The maximum absolute atomic E-state index is 12.3. The van der Waals surface area contributed by atoms with Gasteiger partial charge in [0.15, 0.2) is 17.1 Å². The van der Waals surface area contributed by atoms with E-state index in [9.17, 15) is 4.79 Å². The third kappa shape index (κ3) is 2.55. The summed E-state index contributed by atoms with van der Waals surface area (Å²) in [4.78, 5) is 12.3. The molecule has 0 N–H and O–H groups in total. The Kier molecular flexibility index (Phi) is 3.46. The van der Waals surface area contributed by atoms with Crippen molar-refractivity contribution in [3.63, 3.8) is 0 Å². The molecule has 0 radical (unpaired) electrons. The smallest absolute Gasteiger partial charge is 0.350 e. The molecule has 2 aromatic heterocycles. The fourth-order valence-corrected chi connectivity index (χ4v) is 2.91. The molecule has 1 aromatic carbocycles. The van der Waals surface area contributed by atoms with Gasteiger partial charge in [0, 0.05) is 12.6 Å². The zero-order chi connectivity index (χ0) is 15.8. The molecule has 118 valence electrons. The van der Waals surface area contributed by atoms with Gasteiger partial charge in [-0.05, 0) is 29.8 Å². The lowest BCUT2D eigenvalue weighted by Gasteiger charge is -2.11. The van der Waals surface area contributed by atoms with Gasteiger partial charge >= 0.3 is 5.69 Å². The summed E-state index contributed by atoms with van der Waals surface area (Å²) >= 11 is 6.29. The minimum Gasteiger partial charge on any atom is -0.489 e. The van der Waals surface area contributed by atoms with Crippen LogP contribution in [0.2, 0.25) is 5.02 Å². The van der Waals surface area contributed by atoms with E-state index in [1.807, 2.05) is 12.1 Å². The SMILES string of the molecule is O=c1n(Cc2cc(Cl)c3c(c2)OCCCO3)nc2ccccn12. The molecule has 6 nitrogen and oxygen atoms in total. The molecule has 0 saturated carbocycles. The summed E-state index contributed by atoms with van der Waals surface area (Å²) in [5, 5.41) is 4.80. The lowest BCUT2D eigenvalue weighted by molar-refractivity contribution is 0.297. The van der Waals surface area contributed by atoms with Crippen molar-refractivity contribution in [2.45, 2.75) is 13.0 Å². The zero-order valence-electron chi connectivity index (χ0n) is 12.2. The second-order valence-electron chi connectivity index (χ2n) is 5.32. The predicted molar refractivity (Wildman–Crippen MR) is 85.6 cm³/mol. The van der Waals surface area contributed by atoms with E-state index >= 15 is 0 Å². The molecule has 0 atom stereocenters.